The largest absolute Gasteiger partial charge is 0.309 e. The predicted molar refractivity (Wildman–Crippen MR) is 83.4 cm³/mol. The van der Waals surface area contributed by atoms with Gasteiger partial charge in [0.15, 0.2) is 0 Å². The second kappa shape index (κ2) is 6.42. The molecule has 0 saturated heterocycles. The molecule has 0 amide bonds. The van der Waals surface area contributed by atoms with Gasteiger partial charge in [-0.25, -0.2) is 17.5 Å². The fourth-order valence-corrected chi connectivity index (χ4v) is 4.29. The maximum absolute atomic E-state index is 13.3. The average molecular weight is 316 g/mol. The zero-order valence-electron chi connectivity index (χ0n) is 13.6. The van der Waals surface area contributed by atoms with Crippen molar-refractivity contribution in [1.29, 1.82) is 0 Å². The van der Waals surface area contributed by atoms with Crippen molar-refractivity contribution >= 4 is 10.0 Å². The van der Waals surface area contributed by atoms with Gasteiger partial charge in [-0.3, -0.25) is 0 Å². The molecule has 0 bridgehead atoms. The fraction of sp³-hybridized carbons (Fsp3) is 0.600. The van der Waals surface area contributed by atoms with Crippen LogP contribution in [0.2, 0.25) is 0 Å². The molecule has 0 aliphatic carbocycles. The lowest BCUT2D eigenvalue weighted by atomic mass is 9.93. The topological polar surface area (TPSA) is 49.4 Å². The Balaban J connectivity index is 2.98. The third-order valence-electron chi connectivity index (χ3n) is 3.18. The summed E-state index contributed by atoms with van der Waals surface area (Å²) in [4.78, 5) is 2.19. The van der Waals surface area contributed by atoms with E-state index < -0.39 is 15.8 Å². The Hall–Kier alpha value is -0.980. The minimum Gasteiger partial charge on any atom is -0.309 e. The second-order valence-electron chi connectivity index (χ2n) is 6.60. The molecule has 0 radical (unpaired) electrons. The highest BCUT2D eigenvalue weighted by Gasteiger charge is 2.25. The lowest BCUT2D eigenvalue weighted by Crippen LogP contribution is -2.40. The molecule has 0 aromatic heterocycles. The summed E-state index contributed by atoms with van der Waals surface area (Å²) >= 11 is 0. The molecule has 0 fully saturated rings. The average Bonchev–Trinajstić information content (AvgIpc) is 2.23. The molecule has 1 rings (SSSR count). The summed E-state index contributed by atoms with van der Waals surface area (Å²) in [6.45, 7) is 8.30. The molecule has 4 nitrogen and oxygen atoms in total. The van der Waals surface area contributed by atoms with Gasteiger partial charge in [0, 0.05) is 13.1 Å². The number of sulfonamides is 1. The van der Waals surface area contributed by atoms with Crippen molar-refractivity contribution in [2.24, 2.45) is 5.41 Å². The van der Waals surface area contributed by atoms with Gasteiger partial charge in [0.05, 0.1) is 4.90 Å². The number of hydrogen-bond acceptors (Lipinski definition) is 3. The molecule has 120 valence electrons. The van der Waals surface area contributed by atoms with Crippen LogP contribution in [0.15, 0.2) is 17.0 Å². The van der Waals surface area contributed by atoms with E-state index in [0.29, 0.717) is 17.7 Å². The molecule has 0 aliphatic rings. The van der Waals surface area contributed by atoms with Crippen molar-refractivity contribution in [3.8, 4) is 0 Å². The molecular weight excluding hydrogens is 291 g/mol. The van der Waals surface area contributed by atoms with E-state index >= 15 is 0 Å². The first-order valence-electron chi connectivity index (χ1n) is 6.86. The standard InChI is InChI=1S/C15H25FN2O2S/c1-11-7-13(16)8-12(2)14(11)21(19,20)17-9-15(3,4)10-18(5)6/h7-8,17H,9-10H2,1-6H3. The van der Waals surface area contributed by atoms with Crippen LogP contribution in [0.1, 0.15) is 25.0 Å². The Bertz CT molecular complexity index is 587. The highest BCUT2D eigenvalue weighted by Crippen LogP contribution is 2.22. The molecule has 0 unspecified atom stereocenters. The van der Waals surface area contributed by atoms with Crippen LogP contribution < -0.4 is 4.72 Å². The minimum absolute atomic E-state index is 0.171. The van der Waals surface area contributed by atoms with Crippen molar-refractivity contribution in [2.75, 3.05) is 27.2 Å². The third-order valence-corrected chi connectivity index (χ3v) is 4.88. The van der Waals surface area contributed by atoms with Crippen LogP contribution in [0.4, 0.5) is 4.39 Å². The normalized spacial score (nSPS) is 13.0. The number of nitrogens with zero attached hydrogens (tertiary/aromatic N) is 1. The van der Waals surface area contributed by atoms with Gasteiger partial charge in [0.25, 0.3) is 0 Å². The summed E-state index contributed by atoms with van der Waals surface area (Å²) in [5.74, 6) is -0.420. The van der Waals surface area contributed by atoms with Crippen LogP contribution in [0, 0.1) is 25.1 Å². The van der Waals surface area contributed by atoms with Gasteiger partial charge >= 0.3 is 0 Å². The number of halogens is 1. The van der Waals surface area contributed by atoms with Crippen LogP contribution >= 0.6 is 0 Å². The summed E-state index contributed by atoms with van der Waals surface area (Å²) in [6.07, 6.45) is 0. The summed E-state index contributed by atoms with van der Waals surface area (Å²) in [5, 5.41) is 0. The monoisotopic (exact) mass is 316 g/mol. The maximum atomic E-state index is 13.3. The molecule has 0 spiro atoms. The van der Waals surface area contributed by atoms with Gasteiger partial charge in [-0.2, -0.15) is 0 Å². The van der Waals surface area contributed by atoms with Crippen LogP contribution in [0.3, 0.4) is 0 Å². The molecule has 21 heavy (non-hydrogen) atoms. The Kier molecular flexibility index (Phi) is 5.52. The van der Waals surface area contributed by atoms with Crippen molar-refractivity contribution in [3.63, 3.8) is 0 Å². The number of benzene rings is 1. The molecule has 6 heteroatoms. The van der Waals surface area contributed by atoms with E-state index in [9.17, 15) is 12.8 Å². The van der Waals surface area contributed by atoms with Gasteiger partial charge in [-0.15, -0.1) is 0 Å². The quantitative estimate of drug-likeness (QED) is 0.876. The van der Waals surface area contributed by atoms with E-state index in [-0.39, 0.29) is 10.3 Å². The minimum atomic E-state index is -3.64. The number of rotatable bonds is 6. The molecule has 0 atom stereocenters. The van der Waals surface area contributed by atoms with E-state index in [2.05, 4.69) is 4.72 Å². The van der Waals surface area contributed by atoms with Gasteiger partial charge < -0.3 is 4.90 Å². The van der Waals surface area contributed by atoms with Gasteiger partial charge in [-0.1, -0.05) is 13.8 Å². The predicted octanol–water partition coefficient (Wildman–Crippen LogP) is 2.31. The Morgan fingerprint density at radius 2 is 1.67 bits per heavy atom. The Morgan fingerprint density at radius 1 is 1.19 bits per heavy atom. The SMILES string of the molecule is Cc1cc(F)cc(C)c1S(=O)(=O)NCC(C)(C)CN(C)C. The summed E-state index contributed by atoms with van der Waals surface area (Å²) in [7, 11) is 0.255. The van der Waals surface area contributed by atoms with Crippen molar-refractivity contribution < 1.29 is 12.8 Å². The summed E-state index contributed by atoms with van der Waals surface area (Å²) < 4.78 is 40.9. The van der Waals surface area contributed by atoms with Crippen LogP contribution in [0.25, 0.3) is 0 Å². The first kappa shape index (κ1) is 18.1. The van der Waals surface area contributed by atoms with Crippen LogP contribution in [-0.4, -0.2) is 40.5 Å². The van der Waals surface area contributed by atoms with Crippen LogP contribution in [0.5, 0.6) is 0 Å². The number of hydrogen-bond donors (Lipinski definition) is 1. The van der Waals surface area contributed by atoms with E-state index in [0.717, 1.165) is 6.54 Å². The van der Waals surface area contributed by atoms with Gasteiger partial charge in [-0.05, 0) is 56.6 Å². The molecule has 1 aromatic carbocycles. The van der Waals surface area contributed by atoms with Crippen molar-refractivity contribution in [3.05, 3.63) is 29.1 Å². The van der Waals surface area contributed by atoms with Gasteiger partial charge in [0.2, 0.25) is 10.0 Å². The first-order chi connectivity index (χ1) is 9.44. The van der Waals surface area contributed by atoms with E-state index in [4.69, 9.17) is 0 Å². The highest BCUT2D eigenvalue weighted by atomic mass is 32.2. The van der Waals surface area contributed by atoms with E-state index in [1.165, 1.54) is 12.1 Å². The summed E-state index contributed by atoms with van der Waals surface area (Å²) in [6, 6.07) is 2.49. The lowest BCUT2D eigenvalue weighted by Gasteiger charge is -2.28. The second-order valence-corrected chi connectivity index (χ2v) is 8.30. The smallest absolute Gasteiger partial charge is 0.241 e. The van der Waals surface area contributed by atoms with Crippen molar-refractivity contribution in [2.45, 2.75) is 32.6 Å². The third kappa shape index (κ3) is 5.05. The van der Waals surface area contributed by atoms with E-state index in [1.807, 2.05) is 32.8 Å². The first-order valence-corrected chi connectivity index (χ1v) is 8.34. The number of aryl methyl sites for hydroxylation is 2. The molecule has 1 aromatic rings. The molecule has 0 aliphatic heterocycles. The molecule has 0 heterocycles. The maximum Gasteiger partial charge on any atom is 0.241 e. The molecule has 0 saturated carbocycles. The number of nitrogens with one attached hydrogen (secondary N) is 1. The zero-order valence-corrected chi connectivity index (χ0v) is 14.4. The van der Waals surface area contributed by atoms with Gasteiger partial charge in [0.1, 0.15) is 5.82 Å². The zero-order chi connectivity index (χ0) is 16.4. The van der Waals surface area contributed by atoms with Crippen molar-refractivity contribution in [1.82, 2.24) is 9.62 Å². The summed E-state index contributed by atoms with van der Waals surface area (Å²) in [5.41, 5.74) is 0.647. The highest BCUT2D eigenvalue weighted by molar-refractivity contribution is 7.89. The Labute approximate surface area is 127 Å². The molecule has 1 N–H and O–H groups in total. The lowest BCUT2D eigenvalue weighted by molar-refractivity contribution is 0.242. The fourth-order valence-electron chi connectivity index (χ4n) is 2.60. The Morgan fingerprint density at radius 3 is 2.10 bits per heavy atom. The van der Waals surface area contributed by atoms with Crippen LogP contribution in [-0.2, 0) is 10.0 Å². The molecular formula is C15H25FN2O2S. The van der Waals surface area contributed by atoms with E-state index in [1.54, 1.807) is 13.8 Å².